The number of benzene rings is 2. The number of aromatic nitrogens is 3. The van der Waals surface area contributed by atoms with Gasteiger partial charge in [-0.15, -0.1) is 0 Å². The Bertz CT molecular complexity index is 1070. The van der Waals surface area contributed by atoms with Gasteiger partial charge in [0.1, 0.15) is 5.75 Å². The van der Waals surface area contributed by atoms with Crippen molar-refractivity contribution in [3.63, 3.8) is 0 Å². The summed E-state index contributed by atoms with van der Waals surface area (Å²) in [7, 11) is 0. The molecule has 4 rings (SSSR count). The zero-order valence-corrected chi connectivity index (χ0v) is 14.3. The average Bonchev–Trinajstić information content (AvgIpc) is 3.09. The van der Waals surface area contributed by atoms with E-state index in [2.05, 4.69) is 15.4 Å². The van der Waals surface area contributed by atoms with E-state index in [4.69, 9.17) is 4.74 Å². The van der Waals surface area contributed by atoms with Crippen molar-refractivity contribution >= 4 is 22.3 Å². The SMILES string of the molecule is CC(Oc1ccc2ccccc2c1)C(=O)NCc1cnn2cccnc12. The number of hydrogen-bond acceptors (Lipinski definition) is 4. The van der Waals surface area contributed by atoms with Gasteiger partial charge in [0.15, 0.2) is 11.8 Å². The third-order valence-corrected chi connectivity index (χ3v) is 4.21. The summed E-state index contributed by atoms with van der Waals surface area (Å²) in [4.78, 5) is 16.6. The van der Waals surface area contributed by atoms with Gasteiger partial charge in [-0.05, 0) is 35.9 Å². The highest BCUT2D eigenvalue weighted by Crippen LogP contribution is 2.21. The largest absolute Gasteiger partial charge is 0.481 e. The second-order valence-corrected chi connectivity index (χ2v) is 6.04. The van der Waals surface area contributed by atoms with Gasteiger partial charge >= 0.3 is 0 Å². The maximum absolute atomic E-state index is 12.4. The molecule has 130 valence electrons. The predicted molar refractivity (Wildman–Crippen MR) is 98.9 cm³/mol. The van der Waals surface area contributed by atoms with Gasteiger partial charge in [0.05, 0.1) is 6.20 Å². The molecule has 6 nitrogen and oxygen atoms in total. The fraction of sp³-hybridized carbons (Fsp3) is 0.150. The van der Waals surface area contributed by atoms with E-state index in [-0.39, 0.29) is 5.91 Å². The normalized spacial score (nSPS) is 12.2. The van der Waals surface area contributed by atoms with Gasteiger partial charge in [0, 0.05) is 24.5 Å². The molecule has 6 heteroatoms. The van der Waals surface area contributed by atoms with Crippen LogP contribution in [0.2, 0.25) is 0 Å². The number of hydrogen-bond donors (Lipinski definition) is 1. The number of nitrogens with zero attached hydrogens (tertiary/aromatic N) is 3. The Balaban J connectivity index is 1.40. The summed E-state index contributed by atoms with van der Waals surface area (Å²) in [6, 6.07) is 15.6. The van der Waals surface area contributed by atoms with Crippen molar-refractivity contribution in [2.24, 2.45) is 0 Å². The molecule has 0 saturated heterocycles. The van der Waals surface area contributed by atoms with Crippen LogP contribution < -0.4 is 10.1 Å². The molecule has 0 aliphatic rings. The van der Waals surface area contributed by atoms with Crippen molar-refractivity contribution < 1.29 is 9.53 Å². The summed E-state index contributed by atoms with van der Waals surface area (Å²) in [5.74, 6) is 0.484. The molecule has 1 N–H and O–H groups in total. The Morgan fingerprint density at radius 1 is 1.19 bits per heavy atom. The second-order valence-electron chi connectivity index (χ2n) is 6.04. The second kappa shape index (κ2) is 6.84. The van der Waals surface area contributed by atoms with Gasteiger partial charge in [0.25, 0.3) is 5.91 Å². The summed E-state index contributed by atoms with van der Waals surface area (Å²) >= 11 is 0. The van der Waals surface area contributed by atoms with Crippen LogP contribution in [-0.2, 0) is 11.3 Å². The molecule has 0 aliphatic heterocycles. The Hall–Kier alpha value is -3.41. The van der Waals surface area contributed by atoms with E-state index in [1.54, 1.807) is 23.8 Å². The van der Waals surface area contributed by atoms with Gasteiger partial charge in [-0.2, -0.15) is 5.10 Å². The minimum atomic E-state index is -0.606. The number of rotatable bonds is 5. The number of carbonyl (C=O) groups is 1. The van der Waals surface area contributed by atoms with Crippen LogP contribution in [0.25, 0.3) is 16.4 Å². The van der Waals surface area contributed by atoms with E-state index < -0.39 is 6.10 Å². The molecule has 0 spiro atoms. The van der Waals surface area contributed by atoms with Crippen LogP contribution in [0.5, 0.6) is 5.75 Å². The molecule has 1 atom stereocenters. The number of carbonyl (C=O) groups excluding carboxylic acids is 1. The molecule has 0 aliphatic carbocycles. The van der Waals surface area contributed by atoms with Gasteiger partial charge in [-0.3, -0.25) is 4.79 Å². The van der Waals surface area contributed by atoms with Crippen LogP contribution in [0.3, 0.4) is 0 Å². The number of nitrogens with one attached hydrogen (secondary N) is 1. The third-order valence-electron chi connectivity index (χ3n) is 4.21. The van der Waals surface area contributed by atoms with Crippen LogP contribution in [0.1, 0.15) is 12.5 Å². The van der Waals surface area contributed by atoms with E-state index >= 15 is 0 Å². The van der Waals surface area contributed by atoms with Crippen LogP contribution in [-0.4, -0.2) is 26.6 Å². The first-order valence-corrected chi connectivity index (χ1v) is 8.41. The highest BCUT2D eigenvalue weighted by atomic mass is 16.5. The van der Waals surface area contributed by atoms with Gasteiger partial charge in [-0.25, -0.2) is 9.50 Å². The quantitative estimate of drug-likeness (QED) is 0.603. The van der Waals surface area contributed by atoms with Crippen molar-refractivity contribution in [1.82, 2.24) is 19.9 Å². The summed E-state index contributed by atoms with van der Waals surface area (Å²) in [6.45, 7) is 2.09. The fourth-order valence-electron chi connectivity index (χ4n) is 2.83. The topological polar surface area (TPSA) is 68.5 Å². The minimum Gasteiger partial charge on any atom is -0.481 e. The Labute approximate surface area is 150 Å². The Kier molecular flexibility index (Phi) is 4.23. The average molecular weight is 346 g/mol. The standard InChI is InChI=1S/C20H18N4O2/c1-14(26-18-8-7-15-5-2-3-6-16(15)11-18)20(25)22-12-17-13-23-24-10-4-9-21-19(17)24/h2-11,13-14H,12H2,1H3,(H,22,25). The maximum atomic E-state index is 12.4. The van der Waals surface area contributed by atoms with E-state index in [9.17, 15) is 4.79 Å². The lowest BCUT2D eigenvalue weighted by Gasteiger charge is -2.15. The van der Waals surface area contributed by atoms with Crippen LogP contribution >= 0.6 is 0 Å². The molecule has 4 aromatic rings. The number of ether oxygens (including phenoxy) is 1. The van der Waals surface area contributed by atoms with Crippen molar-refractivity contribution in [2.45, 2.75) is 19.6 Å². The molecule has 2 heterocycles. The summed E-state index contributed by atoms with van der Waals surface area (Å²) in [5.41, 5.74) is 1.59. The fourth-order valence-corrected chi connectivity index (χ4v) is 2.83. The van der Waals surface area contributed by atoms with Crippen molar-refractivity contribution in [3.8, 4) is 5.75 Å². The maximum Gasteiger partial charge on any atom is 0.261 e. The zero-order chi connectivity index (χ0) is 17.9. The molecular weight excluding hydrogens is 328 g/mol. The van der Waals surface area contributed by atoms with Crippen molar-refractivity contribution in [3.05, 3.63) is 72.7 Å². The summed E-state index contributed by atoms with van der Waals surface area (Å²) in [5, 5.41) is 9.30. The lowest BCUT2D eigenvalue weighted by atomic mass is 10.1. The molecule has 1 unspecified atom stereocenters. The molecule has 0 fully saturated rings. The Morgan fingerprint density at radius 3 is 2.92 bits per heavy atom. The Morgan fingerprint density at radius 2 is 2.04 bits per heavy atom. The van der Waals surface area contributed by atoms with Gasteiger partial charge in [0.2, 0.25) is 0 Å². The van der Waals surface area contributed by atoms with E-state index in [0.29, 0.717) is 12.3 Å². The summed E-state index contributed by atoms with van der Waals surface area (Å²) < 4.78 is 7.47. The van der Waals surface area contributed by atoms with Crippen LogP contribution in [0, 0.1) is 0 Å². The molecule has 0 bridgehead atoms. The highest BCUT2D eigenvalue weighted by Gasteiger charge is 2.15. The minimum absolute atomic E-state index is 0.187. The van der Waals surface area contributed by atoms with E-state index in [1.807, 2.05) is 54.7 Å². The molecule has 0 saturated carbocycles. The molecule has 0 radical (unpaired) electrons. The first kappa shape index (κ1) is 16.1. The molecule has 2 aromatic heterocycles. The predicted octanol–water partition coefficient (Wildman–Crippen LogP) is 2.97. The molecule has 2 aromatic carbocycles. The van der Waals surface area contributed by atoms with Crippen molar-refractivity contribution in [1.29, 1.82) is 0 Å². The van der Waals surface area contributed by atoms with E-state index in [1.165, 1.54) is 0 Å². The first-order chi connectivity index (χ1) is 12.7. The van der Waals surface area contributed by atoms with Gasteiger partial charge in [-0.1, -0.05) is 30.3 Å². The monoisotopic (exact) mass is 346 g/mol. The number of amides is 1. The van der Waals surface area contributed by atoms with Crippen LogP contribution in [0.15, 0.2) is 67.1 Å². The highest BCUT2D eigenvalue weighted by molar-refractivity contribution is 5.84. The zero-order valence-electron chi connectivity index (χ0n) is 14.3. The lowest BCUT2D eigenvalue weighted by Crippen LogP contribution is -2.35. The summed E-state index contributed by atoms with van der Waals surface area (Å²) in [6.07, 6.45) is 4.62. The number of fused-ring (bicyclic) bond motifs is 2. The molecule has 26 heavy (non-hydrogen) atoms. The van der Waals surface area contributed by atoms with E-state index in [0.717, 1.165) is 22.0 Å². The van der Waals surface area contributed by atoms with Crippen molar-refractivity contribution in [2.75, 3.05) is 0 Å². The van der Waals surface area contributed by atoms with Gasteiger partial charge < -0.3 is 10.1 Å². The third kappa shape index (κ3) is 3.21. The first-order valence-electron chi connectivity index (χ1n) is 8.41. The molecular formula is C20H18N4O2. The smallest absolute Gasteiger partial charge is 0.261 e. The van der Waals surface area contributed by atoms with Crippen LogP contribution in [0.4, 0.5) is 0 Å². The lowest BCUT2D eigenvalue weighted by molar-refractivity contribution is -0.127. The molecule has 1 amide bonds.